The molecule has 4 aromatic rings. The Labute approximate surface area is 190 Å². The van der Waals surface area contributed by atoms with Crippen molar-refractivity contribution in [2.45, 2.75) is 10.2 Å². The van der Waals surface area contributed by atoms with Gasteiger partial charge in [0.25, 0.3) is 11.8 Å². The maximum atomic E-state index is 12.9. The van der Waals surface area contributed by atoms with Crippen LogP contribution in [0.4, 0.5) is 10.5 Å². The summed E-state index contributed by atoms with van der Waals surface area (Å²) in [5.41, 5.74) is 0.911. The number of nitrogens with zero attached hydrogens (tertiary/aromatic N) is 5. The number of rotatable bonds is 5. The van der Waals surface area contributed by atoms with E-state index in [2.05, 4.69) is 20.8 Å². The number of amides is 4. The molecule has 0 spiro atoms. The van der Waals surface area contributed by atoms with Gasteiger partial charge >= 0.3 is 6.03 Å². The molecule has 5 rings (SSSR count). The zero-order valence-electron chi connectivity index (χ0n) is 16.8. The Bertz CT molecular complexity index is 1380. The number of urea groups is 1. The van der Waals surface area contributed by atoms with Gasteiger partial charge in [-0.15, -0.1) is 5.10 Å². The number of benzene rings is 2. The number of hydrogen-bond acceptors (Lipinski definition) is 8. The molecule has 1 fully saturated rings. The Morgan fingerprint density at radius 3 is 2.30 bits per heavy atom. The number of imide groups is 2. The van der Waals surface area contributed by atoms with Crippen molar-refractivity contribution in [3.8, 4) is 5.69 Å². The van der Waals surface area contributed by atoms with Crippen LogP contribution < -0.4 is 10.2 Å². The topological polar surface area (TPSA) is 123 Å². The van der Waals surface area contributed by atoms with E-state index in [9.17, 15) is 14.4 Å². The first-order valence-corrected chi connectivity index (χ1v) is 10.5. The third-order valence-electron chi connectivity index (χ3n) is 4.64. The molecule has 1 aliphatic heterocycles. The van der Waals surface area contributed by atoms with E-state index in [-0.39, 0.29) is 11.3 Å². The predicted octanol–water partition coefficient (Wildman–Crippen LogP) is 3.07. The molecule has 162 valence electrons. The van der Waals surface area contributed by atoms with Crippen molar-refractivity contribution in [2.24, 2.45) is 0 Å². The second kappa shape index (κ2) is 8.55. The van der Waals surface area contributed by atoms with E-state index in [0.717, 1.165) is 10.6 Å². The van der Waals surface area contributed by atoms with Gasteiger partial charge in [0.05, 0.1) is 11.4 Å². The predicted molar refractivity (Wildman–Crippen MR) is 117 cm³/mol. The minimum Gasteiger partial charge on any atom is -0.450 e. The molecule has 1 aliphatic rings. The molecule has 0 aliphatic carbocycles. The Balaban J connectivity index is 1.40. The number of furan rings is 1. The molecule has 0 atom stereocenters. The third-order valence-corrected chi connectivity index (χ3v) is 5.50. The largest absolute Gasteiger partial charge is 0.450 e. The summed E-state index contributed by atoms with van der Waals surface area (Å²) in [5.74, 6) is -1.28. The third kappa shape index (κ3) is 4.04. The van der Waals surface area contributed by atoms with Crippen LogP contribution in [0.5, 0.6) is 0 Å². The van der Waals surface area contributed by atoms with Crippen LogP contribution in [0.25, 0.3) is 11.8 Å². The smallest absolute Gasteiger partial charge is 0.335 e. The average Bonchev–Trinajstić information content (AvgIpc) is 3.47. The molecular formula is C22H14N6O4S. The molecule has 11 heteroatoms. The number of carbonyl (C=O) groups excluding carboxylic acids is 3. The highest BCUT2D eigenvalue weighted by molar-refractivity contribution is 7.99. The first kappa shape index (κ1) is 20.4. The number of anilines is 1. The fraction of sp³-hybridized carbons (Fsp3) is 0. The van der Waals surface area contributed by atoms with Gasteiger partial charge in [0, 0.05) is 0 Å². The normalized spacial score (nSPS) is 15.2. The number of hydrogen-bond donors (Lipinski definition) is 1. The lowest BCUT2D eigenvalue weighted by Crippen LogP contribution is -2.54. The lowest BCUT2D eigenvalue weighted by atomic mass is 10.1. The molecule has 33 heavy (non-hydrogen) atoms. The fourth-order valence-electron chi connectivity index (χ4n) is 3.14. The van der Waals surface area contributed by atoms with Crippen molar-refractivity contribution in [1.29, 1.82) is 0 Å². The molecule has 1 N–H and O–H groups in total. The standard InChI is InChI=1S/C22H14N6O4S/c29-19-17(20(30)27(21(31)23-19)14-7-3-1-4-8-14)13-16-11-12-18(32-16)33-22-24-25-26-28(22)15-9-5-2-6-10-15/h1-13H,(H,23,29,31)/b17-13+. The number of tetrazole rings is 1. The highest BCUT2D eigenvalue weighted by Crippen LogP contribution is 2.30. The number of para-hydroxylation sites is 2. The van der Waals surface area contributed by atoms with Gasteiger partial charge in [-0.1, -0.05) is 36.4 Å². The second-order valence-electron chi connectivity index (χ2n) is 6.76. The van der Waals surface area contributed by atoms with Crippen LogP contribution >= 0.6 is 11.8 Å². The van der Waals surface area contributed by atoms with E-state index in [1.165, 1.54) is 17.8 Å². The van der Waals surface area contributed by atoms with Crippen LogP contribution in [-0.4, -0.2) is 38.1 Å². The first-order valence-electron chi connectivity index (χ1n) is 9.68. The quantitative estimate of drug-likeness (QED) is 0.358. The average molecular weight is 458 g/mol. The second-order valence-corrected chi connectivity index (χ2v) is 7.73. The maximum absolute atomic E-state index is 12.9. The van der Waals surface area contributed by atoms with Crippen molar-refractivity contribution in [3.05, 3.63) is 84.1 Å². The van der Waals surface area contributed by atoms with E-state index in [1.54, 1.807) is 47.1 Å². The van der Waals surface area contributed by atoms with Gasteiger partial charge in [-0.3, -0.25) is 14.9 Å². The molecule has 3 heterocycles. The zero-order valence-corrected chi connectivity index (χ0v) is 17.6. The lowest BCUT2D eigenvalue weighted by Gasteiger charge is -2.26. The van der Waals surface area contributed by atoms with Crippen molar-refractivity contribution in [1.82, 2.24) is 25.5 Å². The van der Waals surface area contributed by atoms with E-state index in [0.29, 0.717) is 15.9 Å². The summed E-state index contributed by atoms with van der Waals surface area (Å²) in [4.78, 5) is 38.4. The molecule has 2 aromatic heterocycles. The van der Waals surface area contributed by atoms with Crippen LogP contribution in [0.3, 0.4) is 0 Å². The molecule has 0 unspecified atom stereocenters. The van der Waals surface area contributed by atoms with E-state index >= 15 is 0 Å². The number of barbiturate groups is 1. The first-order chi connectivity index (χ1) is 16.1. The van der Waals surface area contributed by atoms with Crippen molar-refractivity contribution in [2.75, 3.05) is 4.90 Å². The zero-order chi connectivity index (χ0) is 22.8. The maximum Gasteiger partial charge on any atom is 0.335 e. The summed E-state index contributed by atoms with van der Waals surface area (Å²) in [6.07, 6.45) is 1.30. The van der Waals surface area contributed by atoms with Crippen LogP contribution in [0, 0.1) is 0 Å². The van der Waals surface area contributed by atoms with E-state index in [4.69, 9.17) is 4.42 Å². The molecular weight excluding hydrogens is 444 g/mol. The lowest BCUT2D eigenvalue weighted by molar-refractivity contribution is -0.122. The molecule has 0 saturated carbocycles. The highest BCUT2D eigenvalue weighted by atomic mass is 32.2. The van der Waals surface area contributed by atoms with Gasteiger partial charge in [-0.2, -0.15) is 4.68 Å². The molecule has 1 saturated heterocycles. The Hall–Kier alpha value is -4.51. The van der Waals surface area contributed by atoms with Crippen LogP contribution in [0.2, 0.25) is 0 Å². The molecule has 0 bridgehead atoms. The molecule has 0 radical (unpaired) electrons. The molecule has 10 nitrogen and oxygen atoms in total. The minimum atomic E-state index is -0.809. The van der Waals surface area contributed by atoms with Gasteiger partial charge in [0.15, 0.2) is 5.09 Å². The van der Waals surface area contributed by atoms with Gasteiger partial charge < -0.3 is 4.42 Å². The summed E-state index contributed by atoms with van der Waals surface area (Å²) in [5, 5.41) is 14.8. The van der Waals surface area contributed by atoms with Crippen LogP contribution in [-0.2, 0) is 9.59 Å². The SMILES string of the molecule is O=C1NC(=O)N(c2ccccc2)C(=O)/C1=C/c1ccc(Sc2nnnn2-c2ccccc2)o1. The Morgan fingerprint density at radius 1 is 0.879 bits per heavy atom. The van der Waals surface area contributed by atoms with Crippen LogP contribution in [0.15, 0.2) is 93.0 Å². The van der Waals surface area contributed by atoms with Gasteiger partial charge in [0.2, 0.25) is 5.16 Å². The summed E-state index contributed by atoms with van der Waals surface area (Å²) in [7, 11) is 0. The monoisotopic (exact) mass is 458 g/mol. The number of aromatic nitrogens is 4. The fourth-order valence-corrected chi connectivity index (χ4v) is 3.90. The van der Waals surface area contributed by atoms with Gasteiger partial charge in [-0.25, -0.2) is 9.69 Å². The Kier molecular flexibility index (Phi) is 5.29. The Morgan fingerprint density at radius 2 is 1.58 bits per heavy atom. The number of carbonyl (C=O) groups is 3. The summed E-state index contributed by atoms with van der Waals surface area (Å²) >= 11 is 1.18. The van der Waals surface area contributed by atoms with Crippen molar-refractivity contribution in [3.63, 3.8) is 0 Å². The summed E-state index contributed by atoms with van der Waals surface area (Å²) in [6.45, 7) is 0. The van der Waals surface area contributed by atoms with Gasteiger partial charge in [-0.05, 0) is 64.7 Å². The van der Waals surface area contributed by atoms with Crippen molar-refractivity contribution < 1.29 is 18.8 Å². The van der Waals surface area contributed by atoms with E-state index in [1.807, 2.05) is 30.3 Å². The molecule has 4 amide bonds. The van der Waals surface area contributed by atoms with E-state index < -0.39 is 17.8 Å². The highest BCUT2D eigenvalue weighted by Gasteiger charge is 2.37. The van der Waals surface area contributed by atoms with Gasteiger partial charge in [0.1, 0.15) is 11.3 Å². The summed E-state index contributed by atoms with van der Waals surface area (Å²) in [6, 6.07) is 20.2. The van der Waals surface area contributed by atoms with Crippen LogP contribution in [0.1, 0.15) is 5.76 Å². The minimum absolute atomic E-state index is 0.224. The summed E-state index contributed by atoms with van der Waals surface area (Å²) < 4.78 is 7.32. The van der Waals surface area contributed by atoms with Crippen molar-refractivity contribution >= 4 is 41.4 Å². The molecule has 2 aromatic carbocycles. The number of nitrogens with one attached hydrogen (secondary N) is 1.